The van der Waals surface area contributed by atoms with E-state index in [1.165, 1.54) is 12.3 Å². The number of carbonyl (C=O) groups is 1. The third-order valence-corrected chi connectivity index (χ3v) is 3.06. The molecule has 1 aliphatic heterocycles. The molecular weight excluding hydrogens is 236 g/mol. The number of amides is 1. The van der Waals surface area contributed by atoms with Gasteiger partial charge in [0.15, 0.2) is 0 Å². The number of nitro groups is 1. The minimum Gasteiger partial charge on any atom is -0.347 e. The third kappa shape index (κ3) is 2.51. The lowest BCUT2D eigenvalue weighted by atomic mass is 10.2. The van der Waals surface area contributed by atoms with Crippen LogP contribution >= 0.6 is 0 Å². The maximum Gasteiger partial charge on any atom is 0.287 e. The van der Waals surface area contributed by atoms with E-state index in [-0.39, 0.29) is 17.6 Å². The van der Waals surface area contributed by atoms with E-state index < -0.39 is 4.92 Å². The standard InChI is InChI=1S/C11H16N4O3/c1-2-14-7-9(15(17)18)5-10(14)11(16)13-8-3-4-12-6-8/h5,7-8,12H,2-4,6H2,1H3,(H,13,16)/t8-/m1/s1. The molecule has 1 fully saturated rings. The zero-order chi connectivity index (χ0) is 13.1. The van der Waals surface area contributed by atoms with Crippen molar-refractivity contribution in [3.63, 3.8) is 0 Å². The Morgan fingerprint density at radius 2 is 2.50 bits per heavy atom. The van der Waals surface area contributed by atoms with E-state index in [1.807, 2.05) is 6.92 Å². The fourth-order valence-corrected chi connectivity index (χ4v) is 2.08. The third-order valence-electron chi connectivity index (χ3n) is 3.06. The molecule has 7 nitrogen and oxygen atoms in total. The van der Waals surface area contributed by atoms with Crippen LogP contribution in [0.25, 0.3) is 0 Å². The Hall–Kier alpha value is -1.89. The summed E-state index contributed by atoms with van der Waals surface area (Å²) in [5.41, 5.74) is 0.294. The molecule has 0 saturated carbocycles. The summed E-state index contributed by atoms with van der Waals surface area (Å²) in [6.45, 7) is 4.01. The Bertz CT molecular complexity index is 463. The Morgan fingerprint density at radius 1 is 1.72 bits per heavy atom. The molecule has 1 atom stereocenters. The van der Waals surface area contributed by atoms with Crippen LogP contribution in [0.4, 0.5) is 5.69 Å². The largest absolute Gasteiger partial charge is 0.347 e. The SMILES string of the molecule is CCn1cc([N+](=O)[O-])cc1C(=O)N[C@@H]1CCNC1. The maximum absolute atomic E-state index is 12.0. The molecule has 0 spiro atoms. The van der Waals surface area contributed by atoms with Crippen LogP contribution in [0.3, 0.4) is 0 Å². The van der Waals surface area contributed by atoms with Gasteiger partial charge in [0, 0.05) is 25.2 Å². The number of rotatable bonds is 4. The Balaban J connectivity index is 2.15. The maximum atomic E-state index is 12.0. The first-order valence-corrected chi connectivity index (χ1v) is 5.98. The topological polar surface area (TPSA) is 89.2 Å². The molecule has 1 aromatic heterocycles. The monoisotopic (exact) mass is 252 g/mol. The first-order valence-electron chi connectivity index (χ1n) is 5.98. The second-order valence-corrected chi connectivity index (χ2v) is 4.29. The fourth-order valence-electron chi connectivity index (χ4n) is 2.08. The first kappa shape index (κ1) is 12.6. The van der Waals surface area contributed by atoms with Gasteiger partial charge in [0.1, 0.15) is 5.69 Å². The highest BCUT2D eigenvalue weighted by atomic mass is 16.6. The quantitative estimate of drug-likeness (QED) is 0.603. The van der Waals surface area contributed by atoms with Crippen LogP contribution in [0.2, 0.25) is 0 Å². The summed E-state index contributed by atoms with van der Waals surface area (Å²) in [4.78, 5) is 22.2. The van der Waals surface area contributed by atoms with Crippen molar-refractivity contribution < 1.29 is 9.72 Å². The lowest BCUT2D eigenvalue weighted by molar-refractivity contribution is -0.384. The van der Waals surface area contributed by atoms with Gasteiger partial charge >= 0.3 is 0 Å². The molecule has 0 unspecified atom stereocenters. The summed E-state index contributed by atoms with van der Waals surface area (Å²) < 4.78 is 1.59. The molecule has 18 heavy (non-hydrogen) atoms. The molecule has 98 valence electrons. The van der Waals surface area contributed by atoms with Gasteiger partial charge in [0.25, 0.3) is 11.6 Å². The van der Waals surface area contributed by atoms with E-state index in [0.717, 1.165) is 19.5 Å². The van der Waals surface area contributed by atoms with Gasteiger partial charge in [-0.2, -0.15) is 0 Å². The van der Waals surface area contributed by atoms with Gasteiger partial charge in [-0.05, 0) is 19.9 Å². The van der Waals surface area contributed by atoms with Gasteiger partial charge in [-0.25, -0.2) is 0 Å². The van der Waals surface area contributed by atoms with Crippen molar-refractivity contribution in [2.75, 3.05) is 13.1 Å². The van der Waals surface area contributed by atoms with Crippen LogP contribution in [0, 0.1) is 10.1 Å². The van der Waals surface area contributed by atoms with Gasteiger partial charge < -0.3 is 15.2 Å². The van der Waals surface area contributed by atoms with Crippen LogP contribution in [0.1, 0.15) is 23.8 Å². The molecule has 0 aromatic carbocycles. The van der Waals surface area contributed by atoms with Crippen molar-refractivity contribution in [1.29, 1.82) is 0 Å². The van der Waals surface area contributed by atoms with E-state index in [9.17, 15) is 14.9 Å². The molecule has 7 heteroatoms. The fraction of sp³-hybridized carbons (Fsp3) is 0.545. The smallest absolute Gasteiger partial charge is 0.287 e. The molecule has 2 heterocycles. The average Bonchev–Trinajstić information content (AvgIpc) is 2.96. The second kappa shape index (κ2) is 5.18. The summed E-state index contributed by atoms with van der Waals surface area (Å²) >= 11 is 0. The number of nitrogens with zero attached hydrogens (tertiary/aromatic N) is 2. The highest BCUT2D eigenvalue weighted by Crippen LogP contribution is 2.16. The highest BCUT2D eigenvalue weighted by Gasteiger charge is 2.22. The first-order chi connectivity index (χ1) is 8.61. The molecular formula is C11H16N4O3. The summed E-state index contributed by atoms with van der Waals surface area (Å²) in [7, 11) is 0. The summed E-state index contributed by atoms with van der Waals surface area (Å²) in [5, 5.41) is 16.7. The van der Waals surface area contributed by atoms with Crippen LogP contribution in [-0.4, -0.2) is 34.5 Å². The summed E-state index contributed by atoms with van der Waals surface area (Å²) in [6.07, 6.45) is 2.28. The van der Waals surface area contributed by atoms with E-state index in [0.29, 0.717) is 12.2 Å². The van der Waals surface area contributed by atoms with E-state index in [4.69, 9.17) is 0 Å². The molecule has 2 N–H and O–H groups in total. The van der Waals surface area contributed by atoms with Gasteiger partial charge in [0.05, 0.1) is 11.1 Å². The zero-order valence-corrected chi connectivity index (χ0v) is 10.2. The predicted octanol–water partition coefficient (Wildman–Crippen LogP) is 0.508. The van der Waals surface area contributed by atoms with Crippen LogP contribution in [0.5, 0.6) is 0 Å². The number of carbonyl (C=O) groups excluding carboxylic acids is 1. The predicted molar refractivity (Wildman–Crippen MR) is 65.5 cm³/mol. The Morgan fingerprint density at radius 3 is 3.06 bits per heavy atom. The number of hydrogen-bond acceptors (Lipinski definition) is 4. The van der Waals surface area contributed by atoms with Gasteiger partial charge in [-0.1, -0.05) is 0 Å². The van der Waals surface area contributed by atoms with Crippen molar-refractivity contribution in [3.8, 4) is 0 Å². The van der Waals surface area contributed by atoms with Crippen molar-refractivity contribution in [2.45, 2.75) is 25.9 Å². The van der Waals surface area contributed by atoms with Gasteiger partial charge in [-0.15, -0.1) is 0 Å². The average molecular weight is 252 g/mol. The molecule has 2 rings (SSSR count). The molecule has 1 aliphatic rings. The molecule has 0 bridgehead atoms. The minimum absolute atomic E-state index is 0.0495. The Kier molecular flexibility index (Phi) is 3.61. The lowest BCUT2D eigenvalue weighted by Gasteiger charge is -2.12. The van der Waals surface area contributed by atoms with Crippen LogP contribution < -0.4 is 10.6 Å². The number of aryl methyl sites for hydroxylation is 1. The molecule has 0 radical (unpaired) electrons. The summed E-state index contributed by atoms with van der Waals surface area (Å²) in [6, 6.07) is 1.43. The van der Waals surface area contributed by atoms with Crippen LogP contribution in [-0.2, 0) is 6.54 Å². The Labute approximate surface area is 104 Å². The van der Waals surface area contributed by atoms with Crippen molar-refractivity contribution in [3.05, 3.63) is 28.1 Å². The molecule has 0 aliphatic carbocycles. The van der Waals surface area contributed by atoms with E-state index in [1.54, 1.807) is 4.57 Å². The zero-order valence-electron chi connectivity index (χ0n) is 10.2. The minimum atomic E-state index is -0.486. The normalized spacial score (nSPS) is 18.8. The van der Waals surface area contributed by atoms with Gasteiger partial charge in [-0.3, -0.25) is 14.9 Å². The van der Waals surface area contributed by atoms with Gasteiger partial charge in [0.2, 0.25) is 0 Å². The number of hydrogen-bond donors (Lipinski definition) is 2. The number of nitrogens with one attached hydrogen (secondary N) is 2. The number of aromatic nitrogens is 1. The van der Waals surface area contributed by atoms with Crippen LogP contribution in [0.15, 0.2) is 12.3 Å². The molecule has 1 aromatic rings. The van der Waals surface area contributed by atoms with E-state index >= 15 is 0 Å². The van der Waals surface area contributed by atoms with Crippen molar-refractivity contribution in [1.82, 2.24) is 15.2 Å². The molecule has 1 saturated heterocycles. The highest BCUT2D eigenvalue weighted by molar-refractivity contribution is 5.93. The van der Waals surface area contributed by atoms with E-state index in [2.05, 4.69) is 10.6 Å². The van der Waals surface area contributed by atoms with Crippen molar-refractivity contribution in [2.24, 2.45) is 0 Å². The summed E-state index contributed by atoms with van der Waals surface area (Å²) in [5.74, 6) is -0.251. The lowest BCUT2D eigenvalue weighted by Crippen LogP contribution is -2.37. The van der Waals surface area contributed by atoms with Crippen molar-refractivity contribution >= 4 is 11.6 Å². The second-order valence-electron chi connectivity index (χ2n) is 4.29. The molecule has 1 amide bonds.